The van der Waals surface area contributed by atoms with Gasteiger partial charge in [0, 0.05) is 0 Å². The van der Waals surface area contributed by atoms with E-state index in [1.165, 1.54) is 0 Å². The molecule has 10 heavy (non-hydrogen) atoms. The first-order valence-electron chi connectivity index (χ1n) is 3.35. The van der Waals surface area contributed by atoms with Gasteiger partial charge >= 0.3 is 0 Å². The van der Waals surface area contributed by atoms with Gasteiger partial charge in [-0.2, -0.15) is 0 Å². The molecule has 0 aliphatic carbocycles. The van der Waals surface area contributed by atoms with Crippen molar-refractivity contribution in [3.05, 3.63) is 0 Å². The molecule has 0 bridgehead atoms. The molecule has 3 unspecified atom stereocenters. The van der Waals surface area contributed by atoms with E-state index in [2.05, 4.69) is 4.74 Å². The van der Waals surface area contributed by atoms with Crippen molar-refractivity contribution in [2.24, 2.45) is 0 Å². The molecule has 2 aliphatic heterocycles. The van der Waals surface area contributed by atoms with Crippen LogP contribution in [0.25, 0.3) is 0 Å². The standard InChI is InChI=1S/C6H9FO3/c7-6(5-3-9-5)10-2-4-1-8-4/h4-6H,1-3H2. The van der Waals surface area contributed by atoms with Gasteiger partial charge in [0.1, 0.15) is 12.2 Å². The molecule has 2 fully saturated rings. The SMILES string of the molecule is FC(OCC1CO1)C1CO1. The third kappa shape index (κ3) is 1.65. The molecule has 4 heteroatoms. The molecule has 0 aromatic heterocycles. The second-order valence-electron chi connectivity index (χ2n) is 2.51. The summed E-state index contributed by atoms with van der Waals surface area (Å²) in [4.78, 5) is 0. The van der Waals surface area contributed by atoms with Crippen LogP contribution in [0.2, 0.25) is 0 Å². The molecule has 0 spiro atoms. The normalized spacial score (nSPS) is 39.3. The van der Waals surface area contributed by atoms with Crippen LogP contribution in [-0.2, 0) is 14.2 Å². The van der Waals surface area contributed by atoms with Gasteiger partial charge in [0.25, 0.3) is 0 Å². The lowest BCUT2D eigenvalue weighted by Gasteiger charge is -2.03. The van der Waals surface area contributed by atoms with Crippen LogP contribution < -0.4 is 0 Å². The van der Waals surface area contributed by atoms with E-state index >= 15 is 0 Å². The van der Waals surface area contributed by atoms with E-state index in [0.29, 0.717) is 19.8 Å². The van der Waals surface area contributed by atoms with Crippen molar-refractivity contribution in [2.75, 3.05) is 19.8 Å². The van der Waals surface area contributed by atoms with Crippen LogP contribution in [0, 0.1) is 0 Å². The Balaban J connectivity index is 1.58. The van der Waals surface area contributed by atoms with Crippen molar-refractivity contribution >= 4 is 0 Å². The highest BCUT2D eigenvalue weighted by Gasteiger charge is 2.35. The van der Waals surface area contributed by atoms with Crippen LogP contribution in [0.1, 0.15) is 0 Å². The molecule has 0 aromatic carbocycles. The number of hydrogen-bond donors (Lipinski definition) is 0. The summed E-state index contributed by atoms with van der Waals surface area (Å²) in [5.74, 6) is 0. The Morgan fingerprint density at radius 2 is 2.20 bits per heavy atom. The predicted octanol–water partition coefficient (Wildman–Crippen LogP) is 0.0962. The van der Waals surface area contributed by atoms with Gasteiger partial charge in [0.2, 0.25) is 6.36 Å². The number of epoxide rings is 2. The maximum absolute atomic E-state index is 12.6. The van der Waals surface area contributed by atoms with E-state index in [-0.39, 0.29) is 12.2 Å². The number of rotatable bonds is 4. The van der Waals surface area contributed by atoms with E-state index in [0.717, 1.165) is 0 Å². The third-order valence-corrected chi connectivity index (χ3v) is 1.50. The first kappa shape index (κ1) is 6.52. The van der Waals surface area contributed by atoms with E-state index in [9.17, 15) is 4.39 Å². The highest BCUT2D eigenvalue weighted by atomic mass is 19.1. The Morgan fingerprint density at radius 3 is 2.70 bits per heavy atom. The second-order valence-corrected chi connectivity index (χ2v) is 2.51. The number of ether oxygens (including phenoxy) is 3. The monoisotopic (exact) mass is 148 g/mol. The average molecular weight is 148 g/mol. The van der Waals surface area contributed by atoms with Crippen LogP contribution in [0.3, 0.4) is 0 Å². The summed E-state index contributed by atoms with van der Waals surface area (Å²) < 4.78 is 26.9. The van der Waals surface area contributed by atoms with Gasteiger partial charge < -0.3 is 14.2 Å². The molecular weight excluding hydrogens is 139 g/mol. The van der Waals surface area contributed by atoms with Crippen molar-refractivity contribution in [3.8, 4) is 0 Å². The number of halogens is 1. The second kappa shape index (κ2) is 2.45. The lowest BCUT2D eigenvalue weighted by atomic mass is 10.5. The summed E-state index contributed by atoms with van der Waals surface area (Å²) in [5.41, 5.74) is 0. The molecule has 3 nitrogen and oxygen atoms in total. The lowest BCUT2D eigenvalue weighted by Crippen LogP contribution is -2.16. The van der Waals surface area contributed by atoms with E-state index in [1.807, 2.05) is 0 Å². The molecule has 0 saturated carbocycles. The summed E-state index contributed by atoms with van der Waals surface area (Å²) in [6.45, 7) is 1.56. The quantitative estimate of drug-likeness (QED) is 0.530. The Morgan fingerprint density at radius 1 is 1.50 bits per heavy atom. The van der Waals surface area contributed by atoms with Gasteiger partial charge in [-0.15, -0.1) is 0 Å². The summed E-state index contributed by atoms with van der Waals surface area (Å²) in [6.07, 6.45) is -1.42. The Kier molecular flexibility index (Phi) is 1.60. The Labute approximate surface area is 58.1 Å². The van der Waals surface area contributed by atoms with Crippen LogP contribution in [0.4, 0.5) is 4.39 Å². The van der Waals surface area contributed by atoms with Gasteiger partial charge in [0.15, 0.2) is 0 Å². The maximum Gasteiger partial charge on any atom is 0.227 e. The maximum atomic E-state index is 12.6. The molecule has 0 amide bonds. The van der Waals surface area contributed by atoms with E-state index in [1.54, 1.807) is 0 Å². The van der Waals surface area contributed by atoms with E-state index < -0.39 is 6.36 Å². The van der Waals surface area contributed by atoms with Crippen molar-refractivity contribution in [1.29, 1.82) is 0 Å². The zero-order valence-corrected chi connectivity index (χ0v) is 5.46. The Hall–Kier alpha value is -0.190. The number of hydrogen-bond acceptors (Lipinski definition) is 3. The first-order valence-corrected chi connectivity index (χ1v) is 3.35. The largest absolute Gasteiger partial charge is 0.371 e. The predicted molar refractivity (Wildman–Crippen MR) is 30.3 cm³/mol. The molecule has 2 rings (SSSR count). The summed E-state index contributed by atoms with van der Waals surface area (Å²) in [7, 11) is 0. The highest BCUT2D eigenvalue weighted by Crippen LogP contribution is 2.19. The molecule has 3 atom stereocenters. The van der Waals surface area contributed by atoms with Crippen LogP contribution in [0.15, 0.2) is 0 Å². The van der Waals surface area contributed by atoms with Gasteiger partial charge in [-0.1, -0.05) is 0 Å². The molecule has 58 valence electrons. The summed E-state index contributed by atoms with van der Waals surface area (Å²) >= 11 is 0. The van der Waals surface area contributed by atoms with Crippen molar-refractivity contribution in [3.63, 3.8) is 0 Å². The molecule has 0 radical (unpaired) electrons. The summed E-state index contributed by atoms with van der Waals surface area (Å²) in [5, 5.41) is 0. The molecule has 0 aromatic rings. The fourth-order valence-electron chi connectivity index (χ4n) is 0.678. The molecular formula is C6H9FO3. The topological polar surface area (TPSA) is 34.3 Å². The molecule has 2 aliphatic rings. The zero-order chi connectivity index (χ0) is 6.97. The Bertz CT molecular complexity index is 122. The van der Waals surface area contributed by atoms with Crippen LogP contribution >= 0.6 is 0 Å². The third-order valence-electron chi connectivity index (χ3n) is 1.50. The summed E-state index contributed by atoms with van der Waals surface area (Å²) in [6, 6.07) is 0. The smallest absolute Gasteiger partial charge is 0.227 e. The van der Waals surface area contributed by atoms with Gasteiger partial charge in [0.05, 0.1) is 19.8 Å². The molecule has 0 N–H and O–H groups in total. The van der Waals surface area contributed by atoms with Crippen molar-refractivity contribution < 1.29 is 18.6 Å². The minimum Gasteiger partial charge on any atom is -0.371 e. The molecule has 2 saturated heterocycles. The van der Waals surface area contributed by atoms with Crippen LogP contribution in [-0.4, -0.2) is 38.4 Å². The fourth-order valence-corrected chi connectivity index (χ4v) is 0.678. The van der Waals surface area contributed by atoms with E-state index in [4.69, 9.17) is 9.47 Å². The fraction of sp³-hybridized carbons (Fsp3) is 1.00. The average Bonchev–Trinajstić information content (AvgIpc) is 2.76. The van der Waals surface area contributed by atoms with Crippen LogP contribution in [0.5, 0.6) is 0 Å². The van der Waals surface area contributed by atoms with Gasteiger partial charge in [-0.05, 0) is 0 Å². The van der Waals surface area contributed by atoms with Gasteiger partial charge in [-0.3, -0.25) is 0 Å². The minimum atomic E-state index is -1.25. The van der Waals surface area contributed by atoms with Gasteiger partial charge in [-0.25, -0.2) is 4.39 Å². The van der Waals surface area contributed by atoms with Crippen molar-refractivity contribution in [2.45, 2.75) is 18.6 Å². The zero-order valence-electron chi connectivity index (χ0n) is 5.46. The number of alkyl halides is 1. The molecule has 2 heterocycles. The first-order chi connectivity index (χ1) is 4.86. The highest BCUT2D eigenvalue weighted by molar-refractivity contribution is 4.74. The minimum absolute atomic E-state index is 0.136. The van der Waals surface area contributed by atoms with Crippen molar-refractivity contribution in [1.82, 2.24) is 0 Å². The lowest BCUT2D eigenvalue weighted by molar-refractivity contribution is -0.0593.